The maximum absolute atomic E-state index is 13.1. The van der Waals surface area contributed by atoms with Crippen molar-refractivity contribution in [3.63, 3.8) is 0 Å². The molecule has 0 bridgehead atoms. The molecule has 4 heterocycles. The molecule has 1 saturated heterocycles. The normalized spacial score (nSPS) is 22.9. The maximum Gasteiger partial charge on any atom is 0.257 e. The number of hydrazone groups is 1. The van der Waals surface area contributed by atoms with Gasteiger partial charge in [0.15, 0.2) is 0 Å². The SMILES string of the molecule is CNC(=O)C1CCCN1CC(=O)N1N=C(c2cccs2)CC1c1ccco1. The second-order valence-corrected chi connectivity index (χ2v) is 7.69. The monoisotopic (exact) mass is 386 g/mol. The Morgan fingerprint density at radius 2 is 2.26 bits per heavy atom. The molecule has 0 saturated carbocycles. The van der Waals surface area contributed by atoms with Crippen LogP contribution in [0.4, 0.5) is 0 Å². The number of hydrogen-bond acceptors (Lipinski definition) is 6. The zero-order valence-electron chi connectivity index (χ0n) is 15.1. The van der Waals surface area contributed by atoms with Gasteiger partial charge in [0, 0.05) is 13.5 Å². The molecule has 2 aliphatic rings. The molecule has 142 valence electrons. The number of hydrogen-bond donors (Lipinski definition) is 1. The summed E-state index contributed by atoms with van der Waals surface area (Å²) in [4.78, 5) is 28.2. The molecule has 27 heavy (non-hydrogen) atoms. The minimum atomic E-state index is -0.246. The summed E-state index contributed by atoms with van der Waals surface area (Å²) in [5.74, 6) is 0.578. The molecule has 1 N–H and O–H groups in total. The van der Waals surface area contributed by atoms with Crippen LogP contribution in [0.2, 0.25) is 0 Å². The predicted octanol–water partition coefficient (Wildman–Crippen LogP) is 2.23. The number of thiophene rings is 1. The summed E-state index contributed by atoms with van der Waals surface area (Å²) in [7, 11) is 1.63. The van der Waals surface area contributed by atoms with Gasteiger partial charge in [-0.1, -0.05) is 6.07 Å². The second-order valence-electron chi connectivity index (χ2n) is 6.74. The molecule has 8 heteroatoms. The van der Waals surface area contributed by atoms with Crippen molar-refractivity contribution >= 4 is 28.9 Å². The predicted molar refractivity (Wildman–Crippen MR) is 102 cm³/mol. The summed E-state index contributed by atoms with van der Waals surface area (Å²) in [6.45, 7) is 0.918. The summed E-state index contributed by atoms with van der Waals surface area (Å²) in [6.07, 6.45) is 3.93. The molecule has 4 rings (SSSR count). The lowest BCUT2D eigenvalue weighted by Crippen LogP contribution is -2.46. The Morgan fingerprint density at radius 3 is 2.96 bits per heavy atom. The summed E-state index contributed by atoms with van der Waals surface area (Å²) in [5.41, 5.74) is 0.893. The third kappa shape index (κ3) is 3.54. The Hall–Kier alpha value is -2.45. The molecule has 2 aromatic heterocycles. The average molecular weight is 386 g/mol. The fourth-order valence-electron chi connectivity index (χ4n) is 3.76. The van der Waals surface area contributed by atoms with E-state index in [0.29, 0.717) is 6.42 Å². The van der Waals surface area contributed by atoms with Crippen LogP contribution >= 0.6 is 11.3 Å². The van der Waals surface area contributed by atoms with Crippen LogP contribution < -0.4 is 5.32 Å². The van der Waals surface area contributed by atoms with Gasteiger partial charge >= 0.3 is 0 Å². The van der Waals surface area contributed by atoms with Crippen LogP contribution in [0.1, 0.15) is 35.9 Å². The van der Waals surface area contributed by atoms with Crippen molar-refractivity contribution < 1.29 is 14.0 Å². The molecule has 1 fully saturated rings. The molecule has 2 atom stereocenters. The number of amides is 2. The van der Waals surface area contributed by atoms with E-state index in [2.05, 4.69) is 10.4 Å². The summed E-state index contributed by atoms with van der Waals surface area (Å²) in [5, 5.41) is 10.9. The molecular weight excluding hydrogens is 364 g/mol. The smallest absolute Gasteiger partial charge is 0.257 e. The highest BCUT2D eigenvalue weighted by Gasteiger charge is 2.38. The van der Waals surface area contributed by atoms with Crippen molar-refractivity contribution in [1.29, 1.82) is 0 Å². The highest BCUT2D eigenvalue weighted by atomic mass is 32.1. The van der Waals surface area contributed by atoms with Gasteiger partial charge in [-0.25, -0.2) is 5.01 Å². The van der Waals surface area contributed by atoms with Gasteiger partial charge in [-0.05, 0) is 43.0 Å². The third-order valence-electron chi connectivity index (χ3n) is 5.09. The Morgan fingerprint density at radius 1 is 1.37 bits per heavy atom. The largest absolute Gasteiger partial charge is 0.467 e. The van der Waals surface area contributed by atoms with E-state index in [1.54, 1.807) is 24.6 Å². The molecule has 2 amide bonds. The van der Waals surface area contributed by atoms with E-state index in [1.807, 2.05) is 34.5 Å². The van der Waals surface area contributed by atoms with Crippen LogP contribution in [0.5, 0.6) is 0 Å². The van der Waals surface area contributed by atoms with Gasteiger partial charge in [-0.15, -0.1) is 11.3 Å². The van der Waals surface area contributed by atoms with E-state index in [-0.39, 0.29) is 30.4 Å². The minimum Gasteiger partial charge on any atom is -0.467 e. The molecule has 0 spiro atoms. The van der Waals surface area contributed by atoms with Crippen LogP contribution in [0.15, 0.2) is 45.4 Å². The first-order valence-electron chi connectivity index (χ1n) is 9.10. The van der Waals surface area contributed by atoms with Crippen molar-refractivity contribution in [3.8, 4) is 0 Å². The van der Waals surface area contributed by atoms with E-state index < -0.39 is 0 Å². The Balaban J connectivity index is 1.55. The molecule has 0 aliphatic carbocycles. The zero-order chi connectivity index (χ0) is 18.8. The van der Waals surface area contributed by atoms with Gasteiger partial charge in [-0.2, -0.15) is 5.10 Å². The van der Waals surface area contributed by atoms with Gasteiger partial charge in [0.05, 0.1) is 29.4 Å². The van der Waals surface area contributed by atoms with Gasteiger partial charge < -0.3 is 9.73 Å². The Bertz CT molecular complexity index is 831. The van der Waals surface area contributed by atoms with Crippen LogP contribution in [0.25, 0.3) is 0 Å². The molecule has 2 aliphatic heterocycles. The summed E-state index contributed by atoms with van der Waals surface area (Å²) in [6, 6.07) is 7.20. The third-order valence-corrected chi connectivity index (χ3v) is 6.01. The van der Waals surface area contributed by atoms with Crippen LogP contribution in [-0.4, -0.2) is 53.6 Å². The van der Waals surface area contributed by atoms with Crippen LogP contribution in [0, 0.1) is 0 Å². The minimum absolute atomic E-state index is 0.0351. The number of carbonyl (C=O) groups excluding carboxylic acids is 2. The molecule has 0 aromatic carbocycles. The zero-order valence-corrected chi connectivity index (χ0v) is 15.9. The standard InChI is InChI=1S/C19H22N4O3S/c1-20-19(25)14-5-2-8-22(14)12-18(24)23-15(16-6-3-9-26-16)11-13(21-23)17-7-4-10-27-17/h3-4,6-7,9-10,14-15H,2,5,8,11-12H2,1H3,(H,20,25). The molecule has 7 nitrogen and oxygen atoms in total. The summed E-state index contributed by atoms with van der Waals surface area (Å²) < 4.78 is 5.57. The maximum atomic E-state index is 13.1. The van der Waals surface area contributed by atoms with Crippen LogP contribution in [0.3, 0.4) is 0 Å². The van der Waals surface area contributed by atoms with Gasteiger partial charge in [-0.3, -0.25) is 14.5 Å². The van der Waals surface area contributed by atoms with Gasteiger partial charge in [0.25, 0.3) is 5.91 Å². The fourth-order valence-corrected chi connectivity index (χ4v) is 4.48. The first kappa shape index (κ1) is 17.9. The number of likely N-dealkylation sites (tertiary alicyclic amines) is 1. The highest BCUT2D eigenvalue weighted by Crippen LogP contribution is 2.34. The van der Waals surface area contributed by atoms with E-state index in [9.17, 15) is 9.59 Å². The van der Waals surface area contributed by atoms with Crippen molar-refractivity contribution in [2.24, 2.45) is 5.10 Å². The topological polar surface area (TPSA) is 78.2 Å². The number of nitrogens with one attached hydrogen (secondary N) is 1. The molecular formula is C19H22N4O3S. The van der Waals surface area contributed by atoms with E-state index in [0.717, 1.165) is 35.7 Å². The Labute approximate surface area is 161 Å². The molecule has 2 aromatic rings. The van der Waals surface area contributed by atoms with Crippen molar-refractivity contribution in [1.82, 2.24) is 15.2 Å². The van der Waals surface area contributed by atoms with Crippen molar-refractivity contribution in [3.05, 3.63) is 46.5 Å². The van der Waals surface area contributed by atoms with Crippen molar-refractivity contribution in [2.45, 2.75) is 31.3 Å². The number of carbonyl (C=O) groups is 2. The Kier molecular flexibility index (Phi) is 5.09. The van der Waals surface area contributed by atoms with E-state index in [4.69, 9.17) is 4.42 Å². The van der Waals surface area contributed by atoms with Gasteiger partial charge in [0.2, 0.25) is 5.91 Å². The average Bonchev–Trinajstić information content (AvgIpc) is 3.47. The van der Waals surface area contributed by atoms with E-state index in [1.165, 1.54) is 5.01 Å². The van der Waals surface area contributed by atoms with Crippen LogP contribution in [-0.2, 0) is 9.59 Å². The first-order valence-corrected chi connectivity index (χ1v) is 9.98. The number of rotatable bonds is 5. The van der Waals surface area contributed by atoms with E-state index >= 15 is 0 Å². The fraction of sp³-hybridized carbons (Fsp3) is 0.421. The lowest BCUT2D eigenvalue weighted by atomic mass is 10.1. The highest BCUT2D eigenvalue weighted by molar-refractivity contribution is 7.12. The number of nitrogens with zero attached hydrogens (tertiary/aromatic N) is 3. The quantitative estimate of drug-likeness (QED) is 0.855. The number of furan rings is 1. The molecule has 0 radical (unpaired) electrons. The second kappa shape index (κ2) is 7.66. The summed E-state index contributed by atoms with van der Waals surface area (Å²) >= 11 is 1.61. The first-order chi connectivity index (χ1) is 13.2. The molecule has 2 unspecified atom stereocenters. The van der Waals surface area contributed by atoms with Gasteiger partial charge in [0.1, 0.15) is 11.8 Å². The van der Waals surface area contributed by atoms with Crippen molar-refractivity contribution in [2.75, 3.05) is 20.1 Å². The lowest BCUT2D eigenvalue weighted by molar-refractivity contribution is -0.135. The number of likely N-dealkylation sites (N-methyl/N-ethyl adjacent to an activating group) is 1. The lowest BCUT2D eigenvalue weighted by Gasteiger charge is -2.26.